The summed E-state index contributed by atoms with van der Waals surface area (Å²) in [6.45, 7) is 4.45. The molecule has 0 radical (unpaired) electrons. The predicted octanol–water partition coefficient (Wildman–Crippen LogP) is 6.80. The minimum absolute atomic E-state index is 0.605. The van der Waals surface area contributed by atoms with E-state index in [1.54, 1.807) is 0 Å². The molecule has 0 bridgehead atoms. The lowest BCUT2D eigenvalue weighted by molar-refractivity contribution is 0.668. The second-order valence-electron chi connectivity index (χ2n) is 7.78. The summed E-state index contributed by atoms with van der Waals surface area (Å²) in [4.78, 5) is 0. The van der Waals surface area contributed by atoms with Gasteiger partial charge in [0.2, 0.25) is 0 Å². The van der Waals surface area contributed by atoms with Gasteiger partial charge in [-0.15, -0.1) is 0 Å². The van der Waals surface area contributed by atoms with Gasteiger partial charge in [-0.25, -0.2) is 0 Å². The first-order chi connectivity index (χ1) is 13.1. The number of rotatable bonds is 4. The number of benzene rings is 3. The van der Waals surface area contributed by atoms with Crippen molar-refractivity contribution >= 4 is 39.0 Å². The van der Waals surface area contributed by atoms with Gasteiger partial charge in [-0.05, 0) is 67.1 Å². The molecule has 1 fully saturated rings. The summed E-state index contributed by atoms with van der Waals surface area (Å²) in [6.07, 6.45) is 1.24. The van der Waals surface area contributed by atoms with E-state index in [0.717, 1.165) is 28.5 Å². The maximum absolute atomic E-state index is 6.17. The fourth-order valence-corrected chi connectivity index (χ4v) is 4.08. The Kier molecular flexibility index (Phi) is 3.64. The average molecular weight is 356 g/mol. The molecule has 0 saturated heterocycles. The Balaban J connectivity index is 1.70. The SMILES string of the molecule is CNc1ccccc1Nc1cc2c(cc1C1C[C@@H]1C)oc1ccc(C)cc12. The zero-order chi connectivity index (χ0) is 18.5. The summed E-state index contributed by atoms with van der Waals surface area (Å²) in [5.74, 6) is 1.34. The van der Waals surface area contributed by atoms with Crippen LogP contribution < -0.4 is 10.6 Å². The van der Waals surface area contributed by atoms with Crippen LogP contribution in [-0.4, -0.2) is 7.05 Å². The first kappa shape index (κ1) is 16.2. The summed E-state index contributed by atoms with van der Waals surface area (Å²) in [7, 11) is 1.96. The van der Waals surface area contributed by atoms with Crippen LogP contribution in [0, 0.1) is 12.8 Å². The maximum Gasteiger partial charge on any atom is 0.135 e. The van der Waals surface area contributed by atoms with Crippen LogP contribution in [0.15, 0.2) is 59.0 Å². The summed E-state index contributed by atoms with van der Waals surface area (Å²) in [5.41, 5.74) is 7.93. The highest BCUT2D eigenvalue weighted by molar-refractivity contribution is 6.07. The van der Waals surface area contributed by atoms with E-state index in [1.807, 2.05) is 7.05 Å². The first-order valence-electron chi connectivity index (χ1n) is 9.64. The molecule has 1 heterocycles. The van der Waals surface area contributed by atoms with Gasteiger partial charge in [-0.3, -0.25) is 0 Å². The zero-order valence-corrected chi connectivity index (χ0v) is 16.0. The van der Waals surface area contributed by atoms with Gasteiger partial charge in [0.25, 0.3) is 0 Å². The molecule has 3 aromatic carbocycles. The summed E-state index contributed by atoms with van der Waals surface area (Å²) in [6, 6.07) is 19.3. The molecule has 136 valence electrons. The van der Waals surface area contributed by atoms with E-state index >= 15 is 0 Å². The van der Waals surface area contributed by atoms with Crippen LogP contribution in [0.5, 0.6) is 0 Å². The van der Waals surface area contributed by atoms with Gasteiger partial charge in [-0.2, -0.15) is 0 Å². The Bertz CT molecular complexity index is 1160. The van der Waals surface area contributed by atoms with E-state index in [0.29, 0.717) is 5.92 Å². The van der Waals surface area contributed by atoms with Crippen molar-refractivity contribution in [3.05, 3.63) is 65.7 Å². The van der Waals surface area contributed by atoms with Crippen molar-refractivity contribution in [2.24, 2.45) is 5.92 Å². The number of nitrogens with one attached hydrogen (secondary N) is 2. The van der Waals surface area contributed by atoms with Gasteiger partial charge < -0.3 is 15.1 Å². The van der Waals surface area contributed by atoms with Gasteiger partial charge in [0.1, 0.15) is 11.2 Å². The molecule has 27 heavy (non-hydrogen) atoms. The second-order valence-corrected chi connectivity index (χ2v) is 7.78. The quantitative estimate of drug-likeness (QED) is 0.422. The van der Waals surface area contributed by atoms with E-state index in [2.05, 4.69) is 79.1 Å². The van der Waals surface area contributed by atoms with E-state index in [-0.39, 0.29) is 0 Å². The lowest BCUT2D eigenvalue weighted by Gasteiger charge is -2.15. The van der Waals surface area contributed by atoms with Crippen LogP contribution in [0.25, 0.3) is 21.9 Å². The lowest BCUT2D eigenvalue weighted by atomic mass is 10.0. The summed E-state index contributed by atoms with van der Waals surface area (Å²) >= 11 is 0. The number of aryl methyl sites for hydroxylation is 1. The van der Waals surface area contributed by atoms with Crippen LogP contribution >= 0.6 is 0 Å². The van der Waals surface area contributed by atoms with Gasteiger partial charge in [0, 0.05) is 23.5 Å². The lowest BCUT2D eigenvalue weighted by Crippen LogP contribution is -1.99. The minimum atomic E-state index is 0.605. The molecule has 1 aliphatic carbocycles. The molecule has 1 aromatic heterocycles. The Morgan fingerprint density at radius 3 is 2.37 bits per heavy atom. The minimum Gasteiger partial charge on any atom is -0.456 e. The van der Waals surface area contributed by atoms with Gasteiger partial charge in [0.15, 0.2) is 0 Å². The van der Waals surface area contributed by atoms with E-state index < -0.39 is 0 Å². The second kappa shape index (κ2) is 6.05. The molecule has 1 aliphatic rings. The monoisotopic (exact) mass is 356 g/mol. The predicted molar refractivity (Wildman–Crippen MR) is 114 cm³/mol. The molecule has 1 unspecified atom stereocenters. The smallest absolute Gasteiger partial charge is 0.135 e. The van der Waals surface area contributed by atoms with Crippen LogP contribution in [0.3, 0.4) is 0 Å². The molecule has 4 aromatic rings. The maximum atomic E-state index is 6.17. The third kappa shape index (κ3) is 2.74. The van der Waals surface area contributed by atoms with Gasteiger partial charge in [-0.1, -0.05) is 30.7 Å². The number of anilines is 3. The van der Waals surface area contributed by atoms with E-state index in [1.165, 1.54) is 34.0 Å². The molecule has 2 N–H and O–H groups in total. The molecule has 1 saturated carbocycles. The van der Waals surface area contributed by atoms with Crippen molar-refractivity contribution in [1.82, 2.24) is 0 Å². The van der Waals surface area contributed by atoms with Crippen molar-refractivity contribution in [3.8, 4) is 0 Å². The van der Waals surface area contributed by atoms with Crippen molar-refractivity contribution in [2.75, 3.05) is 17.7 Å². The molecule has 3 nitrogen and oxygen atoms in total. The molecule has 0 spiro atoms. The molecule has 5 rings (SSSR count). The third-order valence-electron chi connectivity index (χ3n) is 5.77. The Labute approximate surface area is 159 Å². The molecule has 0 amide bonds. The standard InChI is InChI=1S/C24H24N2O/c1-14-8-9-23-18(10-14)19-12-22(26-21-7-5-4-6-20(21)25-3)17(13-24(19)27-23)16-11-15(16)2/h4-10,12-13,15-16,25-26H,11H2,1-3H3/t15-,16?/m0/s1. The van der Waals surface area contributed by atoms with E-state index in [9.17, 15) is 0 Å². The zero-order valence-electron chi connectivity index (χ0n) is 16.0. The molecule has 0 aliphatic heterocycles. The Morgan fingerprint density at radius 1 is 0.889 bits per heavy atom. The Hall–Kier alpha value is -2.94. The largest absolute Gasteiger partial charge is 0.456 e. The summed E-state index contributed by atoms with van der Waals surface area (Å²) in [5, 5.41) is 9.33. The van der Waals surface area contributed by atoms with Crippen LogP contribution in [0.1, 0.15) is 30.4 Å². The number of hydrogen-bond donors (Lipinski definition) is 2. The molecular formula is C24H24N2O. The van der Waals surface area contributed by atoms with Crippen LogP contribution in [0.2, 0.25) is 0 Å². The van der Waals surface area contributed by atoms with E-state index in [4.69, 9.17) is 4.42 Å². The molecular weight excluding hydrogens is 332 g/mol. The topological polar surface area (TPSA) is 37.2 Å². The first-order valence-corrected chi connectivity index (χ1v) is 9.64. The normalized spacial score (nSPS) is 18.8. The molecule has 3 heteroatoms. The molecule has 2 atom stereocenters. The summed E-state index contributed by atoms with van der Waals surface area (Å²) < 4.78 is 6.17. The highest BCUT2D eigenvalue weighted by Crippen LogP contribution is 2.51. The number of para-hydroxylation sites is 2. The van der Waals surface area contributed by atoms with Crippen molar-refractivity contribution in [1.29, 1.82) is 0 Å². The van der Waals surface area contributed by atoms with Crippen molar-refractivity contribution in [2.45, 2.75) is 26.2 Å². The van der Waals surface area contributed by atoms with Gasteiger partial charge >= 0.3 is 0 Å². The highest BCUT2D eigenvalue weighted by Gasteiger charge is 2.36. The average Bonchev–Trinajstić information content (AvgIpc) is 3.30. The fraction of sp³-hybridized carbons (Fsp3) is 0.250. The highest BCUT2D eigenvalue weighted by atomic mass is 16.3. The number of furan rings is 1. The Morgan fingerprint density at radius 2 is 1.63 bits per heavy atom. The van der Waals surface area contributed by atoms with Gasteiger partial charge in [0.05, 0.1) is 11.4 Å². The van der Waals surface area contributed by atoms with Crippen molar-refractivity contribution in [3.63, 3.8) is 0 Å². The van der Waals surface area contributed by atoms with Crippen LogP contribution in [-0.2, 0) is 0 Å². The fourth-order valence-electron chi connectivity index (χ4n) is 4.08. The third-order valence-corrected chi connectivity index (χ3v) is 5.77. The van der Waals surface area contributed by atoms with Crippen LogP contribution in [0.4, 0.5) is 17.1 Å². The number of fused-ring (bicyclic) bond motifs is 3. The number of hydrogen-bond acceptors (Lipinski definition) is 3. The van der Waals surface area contributed by atoms with Crippen molar-refractivity contribution < 1.29 is 4.42 Å².